The maximum Gasteiger partial charge on any atom is 0.255 e. The smallest absolute Gasteiger partial charge is 0.255 e. The molecule has 3 N–H and O–H groups in total. The van der Waals surface area contributed by atoms with Gasteiger partial charge in [-0.1, -0.05) is 24.3 Å². The van der Waals surface area contributed by atoms with Gasteiger partial charge < -0.3 is 15.5 Å². The zero-order chi connectivity index (χ0) is 13.4. The predicted molar refractivity (Wildman–Crippen MR) is 71.8 cm³/mol. The Morgan fingerprint density at radius 2 is 2.16 bits per heavy atom. The van der Waals surface area contributed by atoms with Gasteiger partial charge in [-0.3, -0.25) is 4.79 Å². The van der Waals surface area contributed by atoms with Crippen LogP contribution in [-0.2, 0) is 6.42 Å². The molecule has 0 fully saturated rings. The fraction of sp³-hybridized carbons (Fsp3) is 0.267. The molecule has 1 aliphatic carbocycles. The normalized spacial score (nSPS) is 21.2. The molecule has 98 valence electrons. The fourth-order valence-corrected chi connectivity index (χ4v) is 2.65. The number of nitrogens with one attached hydrogen (secondary N) is 1. The minimum Gasteiger partial charge on any atom is -0.469 e. The predicted octanol–water partition coefficient (Wildman–Crippen LogP) is 1.94. The number of fused-ring (bicyclic) bond motifs is 1. The van der Waals surface area contributed by atoms with Crippen LogP contribution >= 0.6 is 0 Å². The van der Waals surface area contributed by atoms with E-state index in [2.05, 4.69) is 11.4 Å². The number of benzene rings is 1. The summed E-state index contributed by atoms with van der Waals surface area (Å²) in [6.45, 7) is 1.78. The lowest BCUT2D eigenvalue weighted by atomic mass is 10.1. The van der Waals surface area contributed by atoms with Crippen LogP contribution in [0.2, 0.25) is 0 Å². The van der Waals surface area contributed by atoms with Gasteiger partial charge in [0.25, 0.3) is 5.91 Å². The van der Waals surface area contributed by atoms with E-state index in [0.717, 1.165) is 12.0 Å². The average molecular weight is 256 g/mol. The number of amides is 1. The van der Waals surface area contributed by atoms with Gasteiger partial charge in [-0.15, -0.1) is 0 Å². The van der Waals surface area contributed by atoms with Gasteiger partial charge >= 0.3 is 0 Å². The van der Waals surface area contributed by atoms with Crippen LogP contribution in [0, 0.1) is 6.92 Å². The number of rotatable bonds is 2. The summed E-state index contributed by atoms with van der Waals surface area (Å²) in [5.74, 6) is 0.487. The summed E-state index contributed by atoms with van der Waals surface area (Å²) in [5.41, 5.74) is 9.02. The average Bonchev–Trinajstić information content (AvgIpc) is 2.94. The topological polar surface area (TPSA) is 68.3 Å². The van der Waals surface area contributed by atoms with Gasteiger partial charge in [-0.25, -0.2) is 0 Å². The lowest BCUT2D eigenvalue weighted by Crippen LogP contribution is -2.38. The Hall–Kier alpha value is -2.07. The Morgan fingerprint density at radius 3 is 2.89 bits per heavy atom. The van der Waals surface area contributed by atoms with Crippen molar-refractivity contribution in [3.63, 3.8) is 0 Å². The van der Waals surface area contributed by atoms with E-state index in [9.17, 15) is 4.79 Å². The molecule has 0 radical (unpaired) electrons. The molecule has 0 saturated heterocycles. The van der Waals surface area contributed by atoms with E-state index >= 15 is 0 Å². The molecule has 1 heterocycles. The van der Waals surface area contributed by atoms with Crippen LogP contribution in [0.5, 0.6) is 0 Å². The van der Waals surface area contributed by atoms with E-state index < -0.39 is 0 Å². The molecule has 4 heteroatoms. The summed E-state index contributed by atoms with van der Waals surface area (Å²) in [4.78, 5) is 12.2. The van der Waals surface area contributed by atoms with Crippen molar-refractivity contribution in [2.24, 2.45) is 5.73 Å². The number of hydrogen-bond donors (Lipinski definition) is 2. The van der Waals surface area contributed by atoms with E-state index in [1.165, 1.54) is 11.8 Å². The van der Waals surface area contributed by atoms with Crippen molar-refractivity contribution < 1.29 is 9.21 Å². The van der Waals surface area contributed by atoms with E-state index in [1.54, 1.807) is 13.0 Å². The fourth-order valence-electron chi connectivity index (χ4n) is 2.65. The molecule has 1 aromatic heterocycles. The molecule has 2 unspecified atom stereocenters. The summed E-state index contributed by atoms with van der Waals surface area (Å²) in [5, 5.41) is 3.00. The van der Waals surface area contributed by atoms with E-state index in [1.807, 2.05) is 18.2 Å². The van der Waals surface area contributed by atoms with Gasteiger partial charge in [0, 0.05) is 6.04 Å². The standard InChI is InChI=1S/C15H16N2O2/c1-9-11(6-7-19-9)15(18)17-14-12-5-3-2-4-10(12)8-13(14)16/h2-7,13-14H,8,16H2,1H3,(H,17,18). The molecule has 19 heavy (non-hydrogen) atoms. The summed E-state index contributed by atoms with van der Waals surface area (Å²) in [7, 11) is 0. The van der Waals surface area contributed by atoms with Crippen molar-refractivity contribution >= 4 is 5.91 Å². The quantitative estimate of drug-likeness (QED) is 0.862. The molecule has 4 nitrogen and oxygen atoms in total. The molecule has 3 rings (SSSR count). The first-order chi connectivity index (χ1) is 9.16. The van der Waals surface area contributed by atoms with E-state index in [0.29, 0.717) is 11.3 Å². The summed E-state index contributed by atoms with van der Waals surface area (Å²) >= 11 is 0. The lowest BCUT2D eigenvalue weighted by molar-refractivity contribution is 0.0931. The van der Waals surface area contributed by atoms with Gasteiger partial charge in [0.1, 0.15) is 5.76 Å². The Labute approximate surface area is 111 Å². The highest BCUT2D eigenvalue weighted by molar-refractivity contribution is 5.95. The second-order valence-electron chi connectivity index (χ2n) is 4.91. The van der Waals surface area contributed by atoms with Crippen molar-refractivity contribution in [2.75, 3.05) is 0 Å². The molecule has 0 bridgehead atoms. The minimum absolute atomic E-state index is 0.0754. The van der Waals surface area contributed by atoms with Crippen LogP contribution < -0.4 is 11.1 Å². The van der Waals surface area contributed by atoms with Crippen LogP contribution in [0.15, 0.2) is 41.0 Å². The first-order valence-corrected chi connectivity index (χ1v) is 6.35. The number of nitrogens with two attached hydrogens (primary N) is 1. The van der Waals surface area contributed by atoms with Crippen molar-refractivity contribution in [2.45, 2.75) is 25.4 Å². The van der Waals surface area contributed by atoms with E-state index in [-0.39, 0.29) is 18.0 Å². The maximum absolute atomic E-state index is 12.2. The van der Waals surface area contributed by atoms with Crippen LogP contribution in [0.25, 0.3) is 0 Å². The third-order valence-corrected chi connectivity index (χ3v) is 3.66. The molecule has 1 aromatic carbocycles. The number of hydrogen-bond acceptors (Lipinski definition) is 3. The SMILES string of the molecule is Cc1occc1C(=O)NC1c2ccccc2CC1N. The lowest BCUT2D eigenvalue weighted by Gasteiger charge is -2.18. The van der Waals surface area contributed by atoms with E-state index in [4.69, 9.17) is 10.2 Å². The van der Waals surface area contributed by atoms with Gasteiger partial charge in [0.15, 0.2) is 0 Å². The number of carbonyl (C=O) groups excluding carboxylic acids is 1. The van der Waals surface area contributed by atoms with Crippen LogP contribution in [-0.4, -0.2) is 11.9 Å². The molecule has 0 saturated carbocycles. The second kappa shape index (κ2) is 4.55. The zero-order valence-corrected chi connectivity index (χ0v) is 10.7. The first-order valence-electron chi connectivity index (χ1n) is 6.35. The molecule has 0 aliphatic heterocycles. The molecule has 2 aromatic rings. The number of carbonyl (C=O) groups is 1. The van der Waals surface area contributed by atoms with Gasteiger partial charge in [-0.05, 0) is 30.5 Å². The Balaban J connectivity index is 1.84. The highest BCUT2D eigenvalue weighted by atomic mass is 16.3. The summed E-state index contributed by atoms with van der Waals surface area (Å²) in [6.07, 6.45) is 2.32. The monoisotopic (exact) mass is 256 g/mol. The molecular weight excluding hydrogens is 240 g/mol. The van der Waals surface area contributed by atoms with Gasteiger partial charge in [0.05, 0.1) is 17.9 Å². The van der Waals surface area contributed by atoms with Crippen LogP contribution in [0.1, 0.15) is 33.3 Å². The van der Waals surface area contributed by atoms with Crippen molar-refractivity contribution in [3.8, 4) is 0 Å². The van der Waals surface area contributed by atoms with Gasteiger partial charge in [-0.2, -0.15) is 0 Å². The molecule has 2 atom stereocenters. The Bertz CT molecular complexity index is 618. The molecule has 1 aliphatic rings. The highest BCUT2D eigenvalue weighted by Gasteiger charge is 2.31. The molecule has 0 spiro atoms. The van der Waals surface area contributed by atoms with Crippen molar-refractivity contribution in [1.29, 1.82) is 0 Å². The van der Waals surface area contributed by atoms with Gasteiger partial charge in [0.2, 0.25) is 0 Å². The first kappa shape index (κ1) is 12.0. The molecule has 1 amide bonds. The second-order valence-corrected chi connectivity index (χ2v) is 4.91. The molecular formula is C15H16N2O2. The number of furan rings is 1. The Kier molecular flexibility index (Phi) is 2.87. The zero-order valence-electron chi connectivity index (χ0n) is 10.7. The Morgan fingerprint density at radius 1 is 1.37 bits per heavy atom. The third-order valence-electron chi connectivity index (χ3n) is 3.66. The largest absolute Gasteiger partial charge is 0.469 e. The van der Waals surface area contributed by atoms with Crippen LogP contribution in [0.4, 0.5) is 0 Å². The maximum atomic E-state index is 12.2. The van der Waals surface area contributed by atoms with Crippen molar-refractivity contribution in [3.05, 3.63) is 59.0 Å². The van der Waals surface area contributed by atoms with Crippen molar-refractivity contribution in [1.82, 2.24) is 5.32 Å². The number of aryl methyl sites for hydroxylation is 1. The summed E-state index contributed by atoms with van der Waals surface area (Å²) < 4.78 is 5.15. The third kappa shape index (κ3) is 2.04. The van der Waals surface area contributed by atoms with Crippen LogP contribution in [0.3, 0.4) is 0 Å². The summed E-state index contributed by atoms with van der Waals surface area (Å²) in [6, 6.07) is 9.53. The highest BCUT2D eigenvalue weighted by Crippen LogP contribution is 2.30. The minimum atomic E-state index is -0.136.